The highest BCUT2D eigenvalue weighted by molar-refractivity contribution is 7.89. The quantitative estimate of drug-likeness (QED) is 0.834. The molecule has 2 atom stereocenters. The van der Waals surface area contributed by atoms with Crippen molar-refractivity contribution in [1.82, 2.24) is 9.62 Å². The van der Waals surface area contributed by atoms with Crippen LogP contribution in [-0.2, 0) is 14.8 Å². The van der Waals surface area contributed by atoms with Crippen LogP contribution in [0.5, 0.6) is 0 Å². The molecule has 1 amide bonds. The summed E-state index contributed by atoms with van der Waals surface area (Å²) in [5.74, 6) is -0.341. The molecule has 1 aromatic carbocycles. The van der Waals surface area contributed by atoms with Gasteiger partial charge in [0.25, 0.3) is 0 Å². The van der Waals surface area contributed by atoms with E-state index in [1.807, 2.05) is 6.92 Å². The van der Waals surface area contributed by atoms with Crippen LogP contribution in [0.15, 0.2) is 29.2 Å². The standard InChI is InChI=1S/C17H25ClN2O3S/c1-3-5-13(2)19-17(21)14-6-4-11-20(12-14)24(22,23)16-9-7-15(18)8-10-16/h7-10,13-14H,3-6,11-12H2,1-2H3,(H,19,21)/t13-,14+/m1/s1. The predicted molar refractivity (Wildman–Crippen MR) is 95.4 cm³/mol. The number of hydrogen-bond donors (Lipinski definition) is 1. The summed E-state index contributed by atoms with van der Waals surface area (Å²) in [5.41, 5.74) is 0. The first kappa shape index (κ1) is 19.2. The van der Waals surface area contributed by atoms with Gasteiger partial charge in [0.15, 0.2) is 0 Å². The van der Waals surface area contributed by atoms with Crippen LogP contribution in [0.3, 0.4) is 0 Å². The van der Waals surface area contributed by atoms with Crippen molar-refractivity contribution in [2.45, 2.75) is 50.5 Å². The SMILES string of the molecule is CCC[C@@H](C)NC(=O)[C@H]1CCCN(S(=O)(=O)c2ccc(Cl)cc2)C1. The van der Waals surface area contributed by atoms with Gasteiger partial charge in [-0.05, 0) is 50.5 Å². The minimum atomic E-state index is -3.59. The molecule has 1 aliphatic rings. The molecule has 5 nitrogen and oxygen atoms in total. The maximum atomic E-state index is 12.7. The molecular formula is C17H25ClN2O3S. The Balaban J connectivity index is 2.07. The molecule has 0 spiro atoms. The van der Waals surface area contributed by atoms with Crippen molar-refractivity contribution >= 4 is 27.5 Å². The molecule has 0 saturated carbocycles. The third kappa shape index (κ3) is 4.71. The second kappa shape index (κ2) is 8.32. The van der Waals surface area contributed by atoms with Gasteiger partial charge in [0, 0.05) is 24.2 Å². The number of benzene rings is 1. The van der Waals surface area contributed by atoms with E-state index in [0.717, 1.165) is 19.3 Å². The van der Waals surface area contributed by atoms with Crippen molar-refractivity contribution in [1.29, 1.82) is 0 Å². The Bertz CT molecular complexity index is 661. The highest BCUT2D eigenvalue weighted by Crippen LogP contribution is 2.25. The number of piperidine rings is 1. The minimum Gasteiger partial charge on any atom is -0.353 e. The molecule has 7 heteroatoms. The van der Waals surface area contributed by atoms with Gasteiger partial charge in [-0.2, -0.15) is 4.31 Å². The summed E-state index contributed by atoms with van der Waals surface area (Å²) in [6, 6.07) is 6.25. The second-order valence-corrected chi connectivity index (χ2v) is 8.73. The Morgan fingerprint density at radius 3 is 2.67 bits per heavy atom. The maximum Gasteiger partial charge on any atom is 0.243 e. The van der Waals surface area contributed by atoms with E-state index in [2.05, 4.69) is 12.2 Å². The van der Waals surface area contributed by atoms with Crippen LogP contribution in [0.4, 0.5) is 0 Å². The van der Waals surface area contributed by atoms with Gasteiger partial charge in [-0.3, -0.25) is 4.79 Å². The average Bonchev–Trinajstić information content (AvgIpc) is 2.55. The zero-order chi connectivity index (χ0) is 17.7. The van der Waals surface area contributed by atoms with E-state index in [1.165, 1.54) is 16.4 Å². The van der Waals surface area contributed by atoms with E-state index in [-0.39, 0.29) is 29.3 Å². The van der Waals surface area contributed by atoms with Crippen LogP contribution in [0.1, 0.15) is 39.5 Å². The lowest BCUT2D eigenvalue weighted by Crippen LogP contribution is -2.47. The first-order chi connectivity index (χ1) is 11.3. The molecular weight excluding hydrogens is 348 g/mol. The van der Waals surface area contributed by atoms with Gasteiger partial charge in [-0.25, -0.2) is 8.42 Å². The van der Waals surface area contributed by atoms with Crippen LogP contribution < -0.4 is 5.32 Å². The van der Waals surface area contributed by atoms with Gasteiger partial charge < -0.3 is 5.32 Å². The number of nitrogens with zero attached hydrogens (tertiary/aromatic N) is 1. The van der Waals surface area contributed by atoms with Crippen molar-refractivity contribution in [2.75, 3.05) is 13.1 Å². The molecule has 1 aliphatic heterocycles. The third-order valence-electron chi connectivity index (χ3n) is 4.32. The van der Waals surface area contributed by atoms with Gasteiger partial charge in [-0.1, -0.05) is 24.9 Å². The highest BCUT2D eigenvalue weighted by atomic mass is 35.5. The monoisotopic (exact) mass is 372 g/mol. The average molecular weight is 373 g/mol. The second-order valence-electron chi connectivity index (χ2n) is 6.35. The maximum absolute atomic E-state index is 12.7. The van der Waals surface area contributed by atoms with E-state index in [9.17, 15) is 13.2 Å². The number of hydrogen-bond acceptors (Lipinski definition) is 3. The first-order valence-corrected chi connectivity index (χ1v) is 10.2. The topological polar surface area (TPSA) is 66.5 Å². The Labute approximate surface area is 149 Å². The van der Waals surface area contributed by atoms with Gasteiger partial charge in [0.1, 0.15) is 0 Å². The van der Waals surface area contributed by atoms with Crippen LogP contribution >= 0.6 is 11.6 Å². The molecule has 1 heterocycles. The lowest BCUT2D eigenvalue weighted by atomic mass is 9.98. The zero-order valence-electron chi connectivity index (χ0n) is 14.2. The molecule has 0 bridgehead atoms. The number of sulfonamides is 1. The van der Waals surface area contributed by atoms with Crippen molar-refractivity contribution in [3.8, 4) is 0 Å². The van der Waals surface area contributed by atoms with E-state index in [0.29, 0.717) is 18.0 Å². The van der Waals surface area contributed by atoms with Crippen LogP contribution in [0, 0.1) is 5.92 Å². The number of rotatable bonds is 6. The van der Waals surface area contributed by atoms with Crippen LogP contribution in [0.2, 0.25) is 5.02 Å². The number of halogens is 1. The van der Waals surface area contributed by atoms with Crippen molar-refractivity contribution in [3.63, 3.8) is 0 Å². The van der Waals surface area contributed by atoms with Gasteiger partial charge >= 0.3 is 0 Å². The summed E-state index contributed by atoms with van der Waals surface area (Å²) in [5, 5.41) is 3.49. The summed E-state index contributed by atoms with van der Waals surface area (Å²) >= 11 is 5.82. The van der Waals surface area contributed by atoms with Crippen LogP contribution in [0.25, 0.3) is 0 Å². The summed E-state index contributed by atoms with van der Waals surface area (Å²) in [6.07, 6.45) is 3.33. The highest BCUT2D eigenvalue weighted by Gasteiger charge is 2.33. The van der Waals surface area contributed by atoms with Gasteiger partial charge in [0.05, 0.1) is 10.8 Å². The number of carbonyl (C=O) groups excluding carboxylic acids is 1. The Hall–Kier alpha value is -1.11. The molecule has 24 heavy (non-hydrogen) atoms. The van der Waals surface area contributed by atoms with Crippen molar-refractivity contribution in [2.24, 2.45) is 5.92 Å². The summed E-state index contributed by atoms with van der Waals surface area (Å²) in [7, 11) is -3.59. The van der Waals surface area contributed by atoms with Crippen LogP contribution in [-0.4, -0.2) is 37.8 Å². The molecule has 0 radical (unpaired) electrons. The Morgan fingerprint density at radius 2 is 2.04 bits per heavy atom. The van der Waals surface area contributed by atoms with E-state index < -0.39 is 10.0 Å². The van der Waals surface area contributed by atoms with Gasteiger partial charge in [0.2, 0.25) is 15.9 Å². The largest absolute Gasteiger partial charge is 0.353 e. The molecule has 1 saturated heterocycles. The normalized spacial score (nSPS) is 20.5. The Morgan fingerprint density at radius 1 is 1.38 bits per heavy atom. The zero-order valence-corrected chi connectivity index (χ0v) is 15.7. The predicted octanol–water partition coefficient (Wildman–Crippen LogP) is 3.05. The third-order valence-corrected chi connectivity index (χ3v) is 6.45. The lowest BCUT2D eigenvalue weighted by molar-refractivity contribution is -0.126. The van der Waals surface area contributed by atoms with Gasteiger partial charge in [-0.15, -0.1) is 0 Å². The smallest absolute Gasteiger partial charge is 0.243 e. The van der Waals surface area contributed by atoms with E-state index in [1.54, 1.807) is 12.1 Å². The van der Waals surface area contributed by atoms with Crippen molar-refractivity contribution < 1.29 is 13.2 Å². The molecule has 0 aliphatic carbocycles. The number of amides is 1. The molecule has 0 aromatic heterocycles. The molecule has 1 aromatic rings. The summed E-state index contributed by atoms with van der Waals surface area (Å²) in [6.45, 7) is 4.73. The fraction of sp³-hybridized carbons (Fsp3) is 0.588. The molecule has 134 valence electrons. The lowest BCUT2D eigenvalue weighted by Gasteiger charge is -2.31. The Kier molecular flexibility index (Phi) is 6.66. The molecule has 1 fully saturated rings. The fourth-order valence-electron chi connectivity index (χ4n) is 3.00. The van der Waals surface area contributed by atoms with E-state index >= 15 is 0 Å². The van der Waals surface area contributed by atoms with Crippen molar-refractivity contribution in [3.05, 3.63) is 29.3 Å². The molecule has 1 N–H and O–H groups in total. The fourth-order valence-corrected chi connectivity index (χ4v) is 4.65. The molecule has 2 rings (SSSR count). The summed E-state index contributed by atoms with van der Waals surface area (Å²) < 4.78 is 26.9. The first-order valence-electron chi connectivity index (χ1n) is 8.40. The number of carbonyl (C=O) groups is 1. The minimum absolute atomic E-state index is 0.0491. The summed E-state index contributed by atoms with van der Waals surface area (Å²) in [4.78, 5) is 12.6. The number of nitrogens with one attached hydrogen (secondary N) is 1. The van der Waals surface area contributed by atoms with E-state index in [4.69, 9.17) is 11.6 Å². The molecule has 0 unspecified atom stereocenters.